The van der Waals surface area contributed by atoms with E-state index in [4.69, 9.17) is 9.15 Å². The van der Waals surface area contributed by atoms with Crippen molar-refractivity contribution >= 4 is 15.8 Å². The Labute approximate surface area is 161 Å². The standard InChI is InChI=1S/C19H29N3O4S/c1-2-20-27(24)12-7-19(8-13-27)14-22(9-11-26-19)18(23)21-16-4-3-5-17-15(16)6-10-25-17/h6,10,16H,2-5,7-9,11-14H2,1H3,(H,21,23). The maximum atomic E-state index is 12.9. The van der Waals surface area contributed by atoms with Crippen LogP contribution in [0.1, 0.15) is 50.0 Å². The van der Waals surface area contributed by atoms with Crippen molar-refractivity contribution < 1.29 is 18.2 Å². The van der Waals surface area contributed by atoms with E-state index in [9.17, 15) is 9.00 Å². The number of furan rings is 1. The van der Waals surface area contributed by atoms with Crippen LogP contribution in [0.3, 0.4) is 0 Å². The van der Waals surface area contributed by atoms with Gasteiger partial charge in [-0.15, -0.1) is 0 Å². The zero-order valence-corrected chi connectivity index (χ0v) is 16.8. The number of morpholine rings is 1. The molecule has 2 saturated heterocycles. The second-order valence-corrected chi connectivity index (χ2v) is 10.4. The predicted molar refractivity (Wildman–Crippen MR) is 103 cm³/mol. The van der Waals surface area contributed by atoms with Crippen molar-refractivity contribution in [1.82, 2.24) is 10.2 Å². The smallest absolute Gasteiger partial charge is 0.318 e. The van der Waals surface area contributed by atoms with E-state index < -0.39 is 9.73 Å². The van der Waals surface area contributed by atoms with Gasteiger partial charge in [-0.3, -0.25) is 0 Å². The lowest BCUT2D eigenvalue weighted by Gasteiger charge is -2.45. The van der Waals surface area contributed by atoms with Gasteiger partial charge in [-0.25, -0.2) is 13.4 Å². The topological polar surface area (TPSA) is 84.1 Å². The van der Waals surface area contributed by atoms with Crippen LogP contribution in [0.2, 0.25) is 0 Å². The molecular formula is C19H29N3O4S. The van der Waals surface area contributed by atoms with E-state index in [1.165, 1.54) is 0 Å². The summed E-state index contributed by atoms with van der Waals surface area (Å²) < 4.78 is 28.6. The van der Waals surface area contributed by atoms with Gasteiger partial charge in [0.25, 0.3) is 0 Å². The first-order valence-electron chi connectivity index (χ1n) is 9.96. The van der Waals surface area contributed by atoms with Crippen molar-refractivity contribution in [3.8, 4) is 0 Å². The Balaban J connectivity index is 1.40. The Hall–Kier alpha value is -1.54. The molecule has 3 aliphatic rings. The zero-order chi connectivity index (χ0) is 18.9. The summed E-state index contributed by atoms with van der Waals surface area (Å²) in [5.41, 5.74) is 0.740. The van der Waals surface area contributed by atoms with Crippen molar-refractivity contribution in [2.45, 2.75) is 50.7 Å². The molecule has 4 rings (SSSR count). The molecule has 1 atom stereocenters. The number of carbonyl (C=O) groups is 1. The zero-order valence-electron chi connectivity index (χ0n) is 15.9. The number of ether oxygens (including phenoxy) is 1. The van der Waals surface area contributed by atoms with E-state index >= 15 is 0 Å². The maximum absolute atomic E-state index is 12.9. The molecular weight excluding hydrogens is 366 g/mol. The summed E-state index contributed by atoms with van der Waals surface area (Å²) in [6.45, 7) is 4.20. The van der Waals surface area contributed by atoms with Gasteiger partial charge in [0.2, 0.25) is 0 Å². The largest absolute Gasteiger partial charge is 0.469 e. The van der Waals surface area contributed by atoms with Gasteiger partial charge >= 0.3 is 6.03 Å². The van der Waals surface area contributed by atoms with Crippen molar-refractivity contribution in [2.24, 2.45) is 4.36 Å². The molecule has 1 N–H and O–H groups in total. The number of fused-ring (bicyclic) bond motifs is 1. The Bertz CT molecular complexity index is 798. The summed E-state index contributed by atoms with van der Waals surface area (Å²) in [5, 5.41) is 3.19. The molecule has 2 aliphatic heterocycles. The molecule has 2 amide bonds. The molecule has 0 saturated carbocycles. The molecule has 1 unspecified atom stereocenters. The minimum atomic E-state index is -2.09. The first kappa shape index (κ1) is 18.8. The fourth-order valence-corrected chi connectivity index (χ4v) is 6.79. The molecule has 3 heterocycles. The minimum absolute atomic E-state index is 0.0206. The summed E-state index contributed by atoms with van der Waals surface area (Å²) in [6.07, 6.45) is 6.02. The first-order chi connectivity index (χ1) is 13.0. The Morgan fingerprint density at radius 3 is 3.04 bits per heavy atom. The summed E-state index contributed by atoms with van der Waals surface area (Å²) >= 11 is 0. The fourth-order valence-electron chi connectivity index (χ4n) is 4.48. The molecule has 1 aromatic rings. The molecule has 1 spiro atoms. The van der Waals surface area contributed by atoms with E-state index in [0.29, 0.717) is 50.6 Å². The lowest BCUT2D eigenvalue weighted by molar-refractivity contribution is -0.102. The number of amides is 2. The molecule has 7 nitrogen and oxygen atoms in total. The third-order valence-corrected chi connectivity index (χ3v) is 8.42. The predicted octanol–water partition coefficient (Wildman–Crippen LogP) is 2.72. The molecule has 150 valence electrons. The number of rotatable bonds is 2. The number of nitrogens with one attached hydrogen (secondary N) is 1. The molecule has 1 aliphatic carbocycles. The third kappa shape index (κ3) is 3.87. The number of nitrogens with zero attached hydrogens (tertiary/aromatic N) is 2. The number of hydrogen-bond acceptors (Lipinski definition) is 5. The van der Waals surface area contributed by atoms with E-state index in [-0.39, 0.29) is 17.7 Å². The van der Waals surface area contributed by atoms with Crippen LogP contribution < -0.4 is 5.32 Å². The van der Waals surface area contributed by atoms with Crippen LogP contribution in [0.4, 0.5) is 4.79 Å². The van der Waals surface area contributed by atoms with E-state index in [1.54, 1.807) is 6.26 Å². The number of carbonyl (C=O) groups excluding carboxylic acids is 1. The quantitative estimate of drug-likeness (QED) is 0.834. The van der Waals surface area contributed by atoms with Crippen molar-refractivity contribution in [3.63, 3.8) is 0 Å². The van der Waals surface area contributed by atoms with Gasteiger partial charge in [-0.1, -0.05) is 0 Å². The van der Waals surface area contributed by atoms with Crippen molar-refractivity contribution in [1.29, 1.82) is 0 Å². The van der Waals surface area contributed by atoms with Crippen LogP contribution in [0, 0.1) is 0 Å². The molecule has 2 fully saturated rings. The van der Waals surface area contributed by atoms with Gasteiger partial charge in [-0.05, 0) is 38.7 Å². The number of urea groups is 1. The fraction of sp³-hybridized carbons (Fsp3) is 0.737. The summed E-state index contributed by atoms with van der Waals surface area (Å²) in [4.78, 5) is 14.8. The number of aryl methyl sites for hydroxylation is 1. The highest BCUT2D eigenvalue weighted by atomic mass is 32.2. The summed E-state index contributed by atoms with van der Waals surface area (Å²) in [5.74, 6) is 2.13. The van der Waals surface area contributed by atoms with Gasteiger partial charge in [0.15, 0.2) is 0 Å². The van der Waals surface area contributed by atoms with Crippen molar-refractivity contribution in [3.05, 3.63) is 23.7 Å². The van der Waals surface area contributed by atoms with Crippen LogP contribution in [0.25, 0.3) is 0 Å². The number of hydrogen-bond donors (Lipinski definition) is 1. The van der Waals surface area contributed by atoms with Crippen molar-refractivity contribution in [2.75, 3.05) is 37.7 Å². The molecule has 8 heteroatoms. The monoisotopic (exact) mass is 395 g/mol. The molecule has 0 bridgehead atoms. The second-order valence-electron chi connectivity index (χ2n) is 7.77. The summed E-state index contributed by atoms with van der Waals surface area (Å²) in [7, 11) is -2.09. The normalized spacial score (nSPS) is 33.5. The van der Waals surface area contributed by atoms with Gasteiger partial charge in [0.05, 0.1) is 31.1 Å². The average Bonchev–Trinajstić information content (AvgIpc) is 3.15. The first-order valence-corrected chi connectivity index (χ1v) is 11.8. The van der Waals surface area contributed by atoms with Gasteiger partial charge in [0, 0.05) is 46.3 Å². The lowest BCUT2D eigenvalue weighted by atomic mass is 9.93. The highest BCUT2D eigenvalue weighted by Gasteiger charge is 2.42. The SMILES string of the molecule is CCN=S1(=O)CCC2(CC1)CN(C(=O)NC1CCCc3occc31)CCO2. The average molecular weight is 396 g/mol. The van der Waals surface area contributed by atoms with Crippen LogP contribution in [0.15, 0.2) is 21.1 Å². The van der Waals surface area contributed by atoms with Gasteiger partial charge < -0.3 is 19.4 Å². The summed E-state index contributed by atoms with van der Waals surface area (Å²) in [6, 6.07) is 1.95. The second kappa shape index (κ2) is 7.47. The van der Waals surface area contributed by atoms with Crippen LogP contribution >= 0.6 is 0 Å². The Morgan fingerprint density at radius 1 is 1.44 bits per heavy atom. The van der Waals surface area contributed by atoms with Gasteiger partial charge in [-0.2, -0.15) is 0 Å². The highest BCUT2D eigenvalue weighted by molar-refractivity contribution is 7.93. The van der Waals surface area contributed by atoms with Crippen LogP contribution in [-0.4, -0.2) is 58.5 Å². The van der Waals surface area contributed by atoms with E-state index in [1.807, 2.05) is 17.9 Å². The Morgan fingerprint density at radius 2 is 2.26 bits per heavy atom. The maximum Gasteiger partial charge on any atom is 0.318 e. The minimum Gasteiger partial charge on any atom is -0.469 e. The third-order valence-electron chi connectivity index (χ3n) is 6.00. The Kier molecular flexibility index (Phi) is 5.20. The highest BCUT2D eigenvalue weighted by Crippen LogP contribution is 2.33. The van der Waals surface area contributed by atoms with Crippen LogP contribution in [-0.2, 0) is 20.9 Å². The van der Waals surface area contributed by atoms with E-state index in [2.05, 4.69) is 9.68 Å². The van der Waals surface area contributed by atoms with E-state index in [0.717, 1.165) is 30.6 Å². The van der Waals surface area contributed by atoms with Gasteiger partial charge in [0.1, 0.15) is 5.76 Å². The molecule has 0 aromatic carbocycles. The lowest BCUT2D eigenvalue weighted by Crippen LogP contribution is -2.58. The molecule has 1 aromatic heterocycles. The van der Waals surface area contributed by atoms with Crippen LogP contribution in [0.5, 0.6) is 0 Å². The molecule has 0 radical (unpaired) electrons. The molecule has 27 heavy (non-hydrogen) atoms.